The van der Waals surface area contributed by atoms with Crippen molar-refractivity contribution >= 4 is 5.91 Å². The molecule has 3 aromatic heterocycles. The van der Waals surface area contributed by atoms with Gasteiger partial charge in [0.25, 0.3) is 11.9 Å². The normalized spacial score (nSPS) is 13.8. The van der Waals surface area contributed by atoms with Crippen molar-refractivity contribution in [2.45, 2.75) is 32.1 Å². The predicted molar refractivity (Wildman–Crippen MR) is 114 cm³/mol. The summed E-state index contributed by atoms with van der Waals surface area (Å²) in [5.41, 5.74) is 2.25. The average molecular weight is 409 g/mol. The van der Waals surface area contributed by atoms with Crippen molar-refractivity contribution < 1.29 is 9.21 Å². The fraction of sp³-hybridized carbons (Fsp3) is 0.455. The second kappa shape index (κ2) is 8.39. The highest BCUT2D eigenvalue weighted by Gasteiger charge is 2.34. The molecule has 1 aliphatic carbocycles. The smallest absolute Gasteiger partial charge is 0.257 e. The molecule has 1 fully saturated rings. The minimum absolute atomic E-state index is 0.000259. The third-order valence-corrected chi connectivity index (χ3v) is 5.27. The lowest BCUT2D eigenvalue weighted by molar-refractivity contribution is 0.0789. The van der Waals surface area contributed by atoms with Gasteiger partial charge < -0.3 is 14.2 Å². The van der Waals surface area contributed by atoms with Gasteiger partial charge in [0.2, 0.25) is 0 Å². The maximum absolute atomic E-state index is 13.1. The van der Waals surface area contributed by atoms with Crippen molar-refractivity contribution in [3.8, 4) is 17.4 Å². The SMILES string of the molecule is Cc1ccc(-c2ccnc(-n3ncc(C(=O)N(C)CCCN(C)C)c3C3CC3)n2)o1. The summed E-state index contributed by atoms with van der Waals surface area (Å²) in [6.45, 7) is 3.55. The van der Waals surface area contributed by atoms with Crippen LogP contribution in [0.5, 0.6) is 0 Å². The average Bonchev–Trinajstić information content (AvgIpc) is 3.31. The molecule has 0 bridgehead atoms. The van der Waals surface area contributed by atoms with Gasteiger partial charge in [0, 0.05) is 25.7 Å². The minimum atomic E-state index is -0.000259. The Balaban J connectivity index is 1.62. The quantitative estimate of drug-likeness (QED) is 0.570. The summed E-state index contributed by atoms with van der Waals surface area (Å²) in [5.74, 6) is 2.29. The van der Waals surface area contributed by atoms with E-state index in [0.29, 0.717) is 35.4 Å². The van der Waals surface area contributed by atoms with Crippen molar-refractivity contribution in [3.63, 3.8) is 0 Å². The molecular formula is C22H28N6O2. The van der Waals surface area contributed by atoms with Crippen LogP contribution in [0.2, 0.25) is 0 Å². The van der Waals surface area contributed by atoms with Crippen molar-refractivity contribution in [1.82, 2.24) is 29.5 Å². The maximum Gasteiger partial charge on any atom is 0.257 e. The van der Waals surface area contributed by atoms with Gasteiger partial charge in [-0.1, -0.05) is 0 Å². The molecule has 0 radical (unpaired) electrons. The first-order chi connectivity index (χ1) is 14.4. The molecule has 0 N–H and O–H groups in total. The van der Waals surface area contributed by atoms with Gasteiger partial charge >= 0.3 is 0 Å². The van der Waals surface area contributed by atoms with Gasteiger partial charge in [0.05, 0.1) is 17.5 Å². The number of furan rings is 1. The van der Waals surface area contributed by atoms with E-state index in [9.17, 15) is 4.79 Å². The Hall–Kier alpha value is -3.00. The first-order valence-electron chi connectivity index (χ1n) is 10.3. The Morgan fingerprint density at radius 1 is 1.20 bits per heavy atom. The standard InChI is InChI=1S/C22H28N6O2/c1-15-6-9-19(30-15)18-10-11-23-22(25-18)28-20(16-7-8-16)17(14-24-28)21(29)27(4)13-5-12-26(2)3/h6,9-11,14,16H,5,7-8,12-13H2,1-4H3. The molecular weight excluding hydrogens is 380 g/mol. The van der Waals surface area contributed by atoms with Crippen LogP contribution in [-0.2, 0) is 0 Å². The number of rotatable bonds is 8. The van der Waals surface area contributed by atoms with E-state index in [1.807, 2.05) is 46.3 Å². The Labute approximate surface area is 176 Å². The lowest BCUT2D eigenvalue weighted by Crippen LogP contribution is -2.30. The Morgan fingerprint density at radius 2 is 2.00 bits per heavy atom. The van der Waals surface area contributed by atoms with Crippen LogP contribution in [0.4, 0.5) is 0 Å². The van der Waals surface area contributed by atoms with Crippen LogP contribution in [0.25, 0.3) is 17.4 Å². The molecule has 0 atom stereocenters. The number of amides is 1. The molecule has 0 unspecified atom stereocenters. The molecule has 0 saturated heterocycles. The van der Waals surface area contributed by atoms with Crippen LogP contribution in [0.15, 0.2) is 35.0 Å². The molecule has 4 rings (SSSR count). The molecule has 0 spiro atoms. The summed E-state index contributed by atoms with van der Waals surface area (Å²) < 4.78 is 7.42. The Bertz CT molecular complexity index is 1030. The number of nitrogens with zero attached hydrogens (tertiary/aromatic N) is 6. The van der Waals surface area contributed by atoms with Gasteiger partial charge in [-0.3, -0.25) is 4.79 Å². The van der Waals surface area contributed by atoms with E-state index in [0.717, 1.165) is 37.3 Å². The van der Waals surface area contributed by atoms with Crippen molar-refractivity contribution in [2.24, 2.45) is 0 Å². The maximum atomic E-state index is 13.1. The van der Waals surface area contributed by atoms with Crippen LogP contribution >= 0.6 is 0 Å². The summed E-state index contributed by atoms with van der Waals surface area (Å²) in [7, 11) is 5.92. The second-order valence-electron chi connectivity index (χ2n) is 8.17. The number of aromatic nitrogens is 4. The highest BCUT2D eigenvalue weighted by Crippen LogP contribution is 2.42. The van der Waals surface area contributed by atoms with Gasteiger partial charge in [0.1, 0.15) is 11.5 Å². The van der Waals surface area contributed by atoms with Gasteiger partial charge in [-0.05, 0) is 65.0 Å². The summed E-state index contributed by atoms with van der Waals surface area (Å²) in [6.07, 6.45) is 6.38. The van der Waals surface area contributed by atoms with Crippen molar-refractivity contribution in [2.75, 3.05) is 34.2 Å². The van der Waals surface area contributed by atoms with Gasteiger partial charge in [0.15, 0.2) is 5.76 Å². The van der Waals surface area contributed by atoms with E-state index >= 15 is 0 Å². The molecule has 3 aromatic rings. The number of hydrogen-bond acceptors (Lipinski definition) is 6. The highest BCUT2D eigenvalue weighted by atomic mass is 16.3. The highest BCUT2D eigenvalue weighted by molar-refractivity contribution is 5.95. The third kappa shape index (κ3) is 4.28. The first kappa shape index (κ1) is 20.3. The molecule has 158 valence electrons. The Kier molecular flexibility index (Phi) is 5.67. The van der Waals surface area contributed by atoms with Crippen LogP contribution in [-0.4, -0.2) is 69.7 Å². The number of aryl methyl sites for hydroxylation is 1. The van der Waals surface area contributed by atoms with Crippen LogP contribution in [0.1, 0.15) is 47.0 Å². The molecule has 1 amide bonds. The molecule has 0 aliphatic heterocycles. The van der Waals surface area contributed by atoms with E-state index in [4.69, 9.17) is 4.42 Å². The van der Waals surface area contributed by atoms with Crippen LogP contribution in [0, 0.1) is 6.92 Å². The van der Waals surface area contributed by atoms with Gasteiger partial charge in [-0.15, -0.1) is 0 Å². The lowest BCUT2D eigenvalue weighted by atomic mass is 10.1. The molecule has 30 heavy (non-hydrogen) atoms. The fourth-order valence-electron chi connectivity index (χ4n) is 3.52. The fourth-order valence-corrected chi connectivity index (χ4v) is 3.52. The Morgan fingerprint density at radius 3 is 2.67 bits per heavy atom. The van der Waals surface area contributed by atoms with Crippen LogP contribution < -0.4 is 0 Å². The molecule has 8 nitrogen and oxygen atoms in total. The summed E-state index contributed by atoms with van der Waals surface area (Å²) in [4.78, 5) is 26.1. The van der Waals surface area contributed by atoms with Crippen LogP contribution in [0.3, 0.4) is 0 Å². The largest absolute Gasteiger partial charge is 0.460 e. The predicted octanol–water partition coefficient (Wildman–Crippen LogP) is 3.13. The van der Waals surface area contributed by atoms with Crippen molar-refractivity contribution in [3.05, 3.63) is 47.6 Å². The van der Waals surface area contributed by atoms with E-state index in [1.165, 1.54) is 0 Å². The minimum Gasteiger partial charge on any atom is -0.460 e. The second-order valence-corrected chi connectivity index (χ2v) is 8.17. The lowest BCUT2D eigenvalue weighted by Gasteiger charge is -2.19. The van der Waals surface area contributed by atoms with Gasteiger partial charge in [-0.2, -0.15) is 5.10 Å². The first-order valence-corrected chi connectivity index (χ1v) is 10.3. The number of carbonyl (C=O) groups is 1. The van der Waals surface area contributed by atoms with E-state index < -0.39 is 0 Å². The van der Waals surface area contributed by atoms with Gasteiger partial charge in [-0.25, -0.2) is 14.6 Å². The monoisotopic (exact) mass is 408 g/mol. The number of hydrogen-bond donors (Lipinski definition) is 0. The molecule has 3 heterocycles. The summed E-state index contributed by atoms with van der Waals surface area (Å²) in [5, 5.41) is 4.50. The number of carbonyl (C=O) groups excluding carboxylic acids is 1. The molecule has 1 saturated carbocycles. The summed E-state index contributed by atoms with van der Waals surface area (Å²) in [6, 6.07) is 5.61. The zero-order chi connectivity index (χ0) is 21.3. The van der Waals surface area contributed by atoms with Crippen molar-refractivity contribution in [1.29, 1.82) is 0 Å². The van der Waals surface area contributed by atoms with E-state index in [1.54, 1.807) is 22.0 Å². The van der Waals surface area contributed by atoms with E-state index in [-0.39, 0.29) is 5.91 Å². The van der Waals surface area contributed by atoms with E-state index in [2.05, 4.69) is 20.0 Å². The molecule has 1 aliphatic rings. The summed E-state index contributed by atoms with van der Waals surface area (Å²) >= 11 is 0. The molecule has 0 aromatic carbocycles. The topological polar surface area (TPSA) is 80.3 Å². The zero-order valence-corrected chi connectivity index (χ0v) is 18.0. The molecule has 8 heteroatoms. The zero-order valence-electron chi connectivity index (χ0n) is 18.0. The third-order valence-electron chi connectivity index (χ3n) is 5.27.